The molecule has 1 aromatic rings. The number of benzene rings is 1. The van der Waals surface area contributed by atoms with E-state index in [0.717, 1.165) is 69.7 Å². The third kappa shape index (κ3) is 5.29. The zero-order valence-corrected chi connectivity index (χ0v) is 23.5. The van der Waals surface area contributed by atoms with Crippen LogP contribution in [0.25, 0.3) is 0 Å². The molecule has 6 nitrogen and oxygen atoms in total. The minimum absolute atomic E-state index is 0.00405. The van der Waals surface area contributed by atoms with Gasteiger partial charge in [-0.1, -0.05) is 57.2 Å². The molecule has 1 amide bonds. The molecule has 0 aromatic heterocycles. The predicted octanol–water partition coefficient (Wildman–Crippen LogP) is 5.67. The standard InChI is InChI=1S/C30H43ClN2O4/c1-4-22-20-32-18-15-30(27(32)19-23(22)24(21-36-2)28(34)37-3)25-13-9-10-14-26(25)33(29(30)35)17-12-8-6-5-7-11-16-31/h9-10,13-14,21-23,27H,4-8,11-12,15-20H2,1-3H3/b24-21+/t22-,23-,27+,30+/m0/s1. The lowest BCUT2D eigenvalue weighted by molar-refractivity contribution is -0.137. The van der Waals surface area contributed by atoms with Gasteiger partial charge in [0, 0.05) is 30.7 Å². The number of esters is 1. The first-order chi connectivity index (χ1) is 18.0. The highest BCUT2D eigenvalue weighted by Crippen LogP contribution is 2.55. The first kappa shape index (κ1) is 28.0. The van der Waals surface area contributed by atoms with Crippen LogP contribution in [0.5, 0.6) is 0 Å². The number of carbonyl (C=O) groups is 2. The fourth-order valence-corrected chi connectivity index (χ4v) is 7.31. The Morgan fingerprint density at radius 3 is 2.57 bits per heavy atom. The van der Waals surface area contributed by atoms with Gasteiger partial charge in [0.1, 0.15) is 0 Å². The number of piperidine rings is 1. The molecular weight excluding hydrogens is 488 g/mol. The fraction of sp³-hybridized carbons (Fsp3) is 0.667. The number of rotatable bonds is 12. The molecule has 0 bridgehead atoms. The van der Waals surface area contributed by atoms with Crippen LogP contribution in [0.15, 0.2) is 36.1 Å². The molecule has 0 radical (unpaired) electrons. The van der Waals surface area contributed by atoms with E-state index in [2.05, 4.69) is 34.9 Å². The summed E-state index contributed by atoms with van der Waals surface area (Å²) in [4.78, 5) is 31.7. The lowest BCUT2D eigenvalue weighted by Gasteiger charge is -2.45. The molecule has 0 unspecified atom stereocenters. The number of ether oxygens (including phenoxy) is 2. The number of hydrogen-bond donors (Lipinski definition) is 0. The molecule has 3 heterocycles. The fourth-order valence-electron chi connectivity index (χ4n) is 7.12. The smallest absolute Gasteiger partial charge is 0.337 e. The molecule has 2 saturated heterocycles. The number of para-hydroxylation sites is 1. The minimum atomic E-state index is -0.553. The molecule has 7 heteroatoms. The van der Waals surface area contributed by atoms with Gasteiger partial charge in [-0.25, -0.2) is 4.79 Å². The summed E-state index contributed by atoms with van der Waals surface area (Å²) in [7, 11) is 2.99. The Hall–Kier alpha value is -2.05. The topological polar surface area (TPSA) is 59.1 Å². The maximum atomic E-state index is 14.3. The Kier molecular flexibility index (Phi) is 9.57. The molecule has 2 fully saturated rings. The summed E-state index contributed by atoms with van der Waals surface area (Å²) in [5.41, 5.74) is 2.27. The van der Waals surface area contributed by atoms with Crippen LogP contribution in [-0.2, 0) is 24.5 Å². The average Bonchev–Trinajstić information content (AvgIpc) is 3.41. The minimum Gasteiger partial charge on any atom is -0.504 e. The van der Waals surface area contributed by atoms with Crippen LogP contribution < -0.4 is 4.90 Å². The van der Waals surface area contributed by atoms with Gasteiger partial charge in [0.25, 0.3) is 0 Å². The van der Waals surface area contributed by atoms with Crippen molar-refractivity contribution in [2.24, 2.45) is 11.8 Å². The number of anilines is 1. The van der Waals surface area contributed by atoms with Crippen LogP contribution in [0.4, 0.5) is 5.69 Å². The molecule has 3 aliphatic heterocycles. The van der Waals surface area contributed by atoms with Gasteiger partial charge in [-0.05, 0) is 55.7 Å². The number of carbonyl (C=O) groups excluding carboxylic acids is 2. The second-order valence-electron chi connectivity index (χ2n) is 10.8. The number of hydrogen-bond acceptors (Lipinski definition) is 5. The lowest BCUT2D eigenvalue weighted by atomic mass is 9.67. The monoisotopic (exact) mass is 530 g/mol. The summed E-state index contributed by atoms with van der Waals surface area (Å²) in [6, 6.07) is 8.45. The van der Waals surface area contributed by atoms with E-state index < -0.39 is 5.41 Å². The van der Waals surface area contributed by atoms with Crippen molar-refractivity contribution in [3.8, 4) is 0 Å². The molecule has 37 heavy (non-hydrogen) atoms. The van der Waals surface area contributed by atoms with Crippen molar-refractivity contribution in [2.75, 3.05) is 44.6 Å². The third-order valence-electron chi connectivity index (χ3n) is 8.98. The van der Waals surface area contributed by atoms with Gasteiger partial charge in [0.05, 0.1) is 31.5 Å². The normalized spacial score (nSPS) is 27.5. The van der Waals surface area contributed by atoms with E-state index in [9.17, 15) is 9.59 Å². The lowest BCUT2D eigenvalue weighted by Crippen LogP contribution is -2.55. The Bertz CT molecular complexity index is 982. The zero-order valence-electron chi connectivity index (χ0n) is 22.7. The maximum Gasteiger partial charge on any atom is 0.337 e. The number of fused-ring (bicyclic) bond motifs is 4. The van der Waals surface area contributed by atoms with Crippen molar-refractivity contribution in [3.63, 3.8) is 0 Å². The molecule has 4 atom stereocenters. The second kappa shape index (κ2) is 12.7. The number of amides is 1. The molecule has 3 aliphatic rings. The van der Waals surface area contributed by atoms with Crippen molar-refractivity contribution < 1.29 is 19.1 Å². The molecular formula is C30H43ClN2O4. The van der Waals surface area contributed by atoms with Gasteiger partial charge in [-0.2, -0.15) is 0 Å². The predicted molar refractivity (Wildman–Crippen MR) is 148 cm³/mol. The van der Waals surface area contributed by atoms with Gasteiger partial charge in [-0.3, -0.25) is 9.69 Å². The number of alkyl halides is 1. The number of nitrogens with zero attached hydrogens (tertiary/aromatic N) is 2. The van der Waals surface area contributed by atoms with E-state index in [1.807, 2.05) is 6.07 Å². The first-order valence-electron chi connectivity index (χ1n) is 14.1. The van der Waals surface area contributed by atoms with Gasteiger partial charge in [0.15, 0.2) is 0 Å². The molecule has 0 N–H and O–H groups in total. The van der Waals surface area contributed by atoms with E-state index in [1.54, 1.807) is 13.4 Å². The van der Waals surface area contributed by atoms with Crippen LogP contribution >= 0.6 is 11.6 Å². The second-order valence-corrected chi connectivity index (χ2v) is 11.2. The summed E-state index contributed by atoms with van der Waals surface area (Å²) in [6.45, 7) is 4.73. The summed E-state index contributed by atoms with van der Waals surface area (Å²) in [6.07, 6.45) is 10.9. The van der Waals surface area contributed by atoms with Crippen molar-refractivity contribution in [1.82, 2.24) is 4.90 Å². The summed E-state index contributed by atoms with van der Waals surface area (Å²) < 4.78 is 10.5. The van der Waals surface area contributed by atoms with Gasteiger partial charge in [0.2, 0.25) is 5.91 Å². The molecule has 204 valence electrons. The van der Waals surface area contributed by atoms with Crippen molar-refractivity contribution in [1.29, 1.82) is 0 Å². The van der Waals surface area contributed by atoms with E-state index in [0.29, 0.717) is 11.5 Å². The van der Waals surface area contributed by atoms with E-state index in [-0.39, 0.29) is 23.8 Å². The summed E-state index contributed by atoms with van der Waals surface area (Å²) in [5, 5.41) is 0. The number of methoxy groups -OCH3 is 2. The highest BCUT2D eigenvalue weighted by molar-refractivity contribution is 6.17. The molecule has 1 aromatic carbocycles. The van der Waals surface area contributed by atoms with Crippen molar-refractivity contribution >= 4 is 29.2 Å². The largest absolute Gasteiger partial charge is 0.504 e. The Morgan fingerprint density at radius 1 is 1.14 bits per heavy atom. The molecule has 0 aliphatic carbocycles. The van der Waals surface area contributed by atoms with Crippen LogP contribution in [0.1, 0.15) is 70.3 Å². The number of halogens is 1. The number of unbranched alkanes of at least 4 members (excludes halogenated alkanes) is 5. The quantitative estimate of drug-likeness (QED) is 0.114. The highest BCUT2D eigenvalue weighted by atomic mass is 35.5. The molecule has 0 saturated carbocycles. The van der Waals surface area contributed by atoms with Crippen LogP contribution in [0, 0.1) is 11.8 Å². The zero-order chi connectivity index (χ0) is 26.4. The van der Waals surface area contributed by atoms with E-state index >= 15 is 0 Å². The van der Waals surface area contributed by atoms with E-state index in [1.165, 1.54) is 31.9 Å². The Balaban J connectivity index is 1.58. The van der Waals surface area contributed by atoms with Crippen LogP contribution in [-0.4, -0.2) is 62.6 Å². The first-order valence-corrected chi connectivity index (χ1v) is 14.6. The Labute approximate surface area is 227 Å². The summed E-state index contributed by atoms with van der Waals surface area (Å²) >= 11 is 5.80. The van der Waals surface area contributed by atoms with Crippen LogP contribution in [0.3, 0.4) is 0 Å². The van der Waals surface area contributed by atoms with Gasteiger partial charge >= 0.3 is 5.97 Å². The Morgan fingerprint density at radius 2 is 1.86 bits per heavy atom. The highest BCUT2D eigenvalue weighted by Gasteiger charge is 2.62. The molecule has 4 rings (SSSR count). The SMILES string of the molecule is CC[C@H]1CN2CC[C@]3(C(=O)N(CCCCCCCCCl)c4ccccc43)[C@H]2C[C@@H]1/C(=C\OC)C(=O)OC. The maximum absolute atomic E-state index is 14.3. The van der Waals surface area contributed by atoms with Gasteiger partial charge in [-0.15, -0.1) is 11.6 Å². The molecule has 1 spiro atoms. The van der Waals surface area contributed by atoms with Crippen molar-refractivity contribution in [3.05, 3.63) is 41.7 Å². The van der Waals surface area contributed by atoms with Gasteiger partial charge < -0.3 is 14.4 Å². The summed E-state index contributed by atoms with van der Waals surface area (Å²) in [5.74, 6) is 0.954. The average molecular weight is 531 g/mol. The van der Waals surface area contributed by atoms with E-state index in [4.69, 9.17) is 21.1 Å². The van der Waals surface area contributed by atoms with Crippen molar-refractivity contribution in [2.45, 2.75) is 76.2 Å². The van der Waals surface area contributed by atoms with Crippen LogP contribution in [0.2, 0.25) is 0 Å². The third-order valence-corrected chi connectivity index (χ3v) is 9.24.